The molecule has 0 bridgehead atoms. The number of nitrogens with two attached hydrogens (primary N) is 1. The highest BCUT2D eigenvalue weighted by Crippen LogP contribution is 1.99. The van der Waals surface area contributed by atoms with Crippen LogP contribution < -0.4 is 21.7 Å². The van der Waals surface area contributed by atoms with Crippen LogP contribution in [-0.2, 0) is 14.4 Å². The predicted molar refractivity (Wildman–Crippen MR) is 58.3 cm³/mol. The highest BCUT2D eigenvalue weighted by molar-refractivity contribution is 5.88. The van der Waals surface area contributed by atoms with Gasteiger partial charge in [-0.3, -0.25) is 9.59 Å². The molecule has 0 aromatic rings. The minimum atomic E-state index is -1.38. The summed E-state index contributed by atoms with van der Waals surface area (Å²) in [4.78, 5) is 43.7. The van der Waals surface area contributed by atoms with Crippen molar-refractivity contribution in [2.45, 2.75) is 24.9 Å². The lowest BCUT2D eigenvalue weighted by Gasteiger charge is -2.16. The third-order valence-electron chi connectivity index (χ3n) is 2.32. The van der Waals surface area contributed by atoms with Gasteiger partial charge < -0.3 is 26.8 Å². The number of carbonyl (C=O) groups is 4. The topological polar surface area (TPSA) is 151 Å². The average Bonchev–Trinajstić information content (AvgIpc) is 2.62. The summed E-state index contributed by atoms with van der Waals surface area (Å²) >= 11 is 0. The Morgan fingerprint density at radius 3 is 2.61 bits per heavy atom. The molecule has 0 aliphatic carbocycles. The van der Waals surface area contributed by atoms with E-state index in [2.05, 4.69) is 16.0 Å². The first-order chi connectivity index (χ1) is 8.38. The van der Waals surface area contributed by atoms with E-state index < -0.39 is 30.4 Å². The normalized spacial score (nSPS) is 19.8. The van der Waals surface area contributed by atoms with Gasteiger partial charge in [-0.25, -0.2) is 9.59 Å². The van der Waals surface area contributed by atoms with Crippen LogP contribution in [0.5, 0.6) is 0 Å². The summed E-state index contributed by atoms with van der Waals surface area (Å²) in [5.74, 6) is -2.38. The van der Waals surface area contributed by atoms with Crippen LogP contribution in [0.4, 0.5) is 4.79 Å². The van der Waals surface area contributed by atoms with Crippen molar-refractivity contribution >= 4 is 23.8 Å². The van der Waals surface area contributed by atoms with E-state index in [0.717, 1.165) is 0 Å². The Kier molecular flexibility index (Phi) is 4.46. The second-order valence-electron chi connectivity index (χ2n) is 3.88. The first-order valence-corrected chi connectivity index (χ1v) is 5.23. The second-order valence-corrected chi connectivity index (χ2v) is 3.88. The molecule has 0 saturated carbocycles. The molecular weight excluding hydrogens is 244 g/mol. The Labute approximate surface area is 102 Å². The van der Waals surface area contributed by atoms with Crippen molar-refractivity contribution in [3.63, 3.8) is 0 Å². The lowest BCUT2D eigenvalue weighted by atomic mass is 10.2. The summed E-state index contributed by atoms with van der Waals surface area (Å²) in [6, 6.07) is -2.53. The number of aliphatic carboxylic acids is 1. The number of nitrogens with one attached hydrogen (secondary N) is 3. The van der Waals surface area contributed by atoms with Gasteiger partial charge in [0, 0.05) is 13.0 Å². The summed E-state index contributed by atoms with van der Waals surface area (Å²) in [5, 5.41) is 15.8. The highest BCUT2D eigenvalue weighted by Gasteiger charge is 2.26. The standard InChI is InChI=1S/C9H14N4O5/c10-6(14)2-5(8(16)17)13-9(18)12-4-1-7(15)11-3-4/h4-5H,1-3H2,(H2,10,14)(H,11,15)(H,16,17)(H2,12,13,18). The highest BCUT2D eigenvalue weighted by atomic mass is 16.4. The van der Waals surface area contributed by atoms with E-state index in [1.165, 1.54) is 0 Å². The van der Waals surface area contributed by atoms with Crippen molar-refractivity contribution in [1.82, 2.24) is 16.0 Å². The number of hydrogen-bond donors (Lipinski definition) is 5. The molecule has 9 nitrogen and oxygen atoms in total. The number of amides is 4. The molecule has 1 aliphatic heterocycles. The van der Waals surface area contributed by atoms with Gasteiger partial charge in [-0.05, 0) is 0 Å². The summed E-state index contributed by atoms with van der Waals surface area (Å²) in [6.07, 6.45) is -0.356. The van der Waals surface area contributed by atoms with Crippen LogP contribution in [-0.4, -0.2) is 47.5 Å². The van der Waals surface area contributed by atoms with Crippen LogP contribution in [0.1, 0.15) is 12.8 Å². The molecule has 0 radical (unpaired) electrons. The Balaban J connectivity index is 2.43. The quantitative estimate of drug-likeness (QED) is 0.369. The van der Waals surface area contributed by atoms with E-state index >= 15 is 0 Å². The van der Waals surface area contributed by atoms with E-state index in [1.807, 2.05) is 0 Å². The molecule has 2 unspecified atom stereocenters. The number of carboxylic acids is 1. The zero-order valence-corrected chi connectivity index (χ0v) is 9.43. The number of rotatable bonds is 5. The van der Waals surface area contributed by atoms with Crippen LogP contribution in [0.15, 0.2) is 0 Å². The Morgan fingerprint density at radius 2 is 2.17 bits per heavy atom. The van der Waals surface area contributed by atoms with Crippen molar-refractivity contribution in [3.8, 4) is 0 Å². The molecule has 6 N–H and O–H groups in total. The number of hydrogen-bond acceptors (Lipinski definition) is 4. The molecule has 0 aromatic heterocycles. The molecule has 0 spiro atoms. The molecule has 1 aliphatic rings. The van der Waals surface area contributed by atoms with Gasteiger partial charge in [0.25, 0.3) is 0 Å². The molecule has 9 heteroatoms. The zero-order chi connectivity index (χ0) is 13.7. The number of carbonyl (C=O) groups excluding carboxylic acids is 3. The predicted octanol–water partition coefficient (Wildman–Crippen LogP) is -2.50. The van der Waals surface area contributed by atoms with Gasteiger partial charge in [0.15, 0.2) is 0 Å². The molecule has 0 aromatic carbocycles. The maximum Gasteiger partial charge on any atom is 0.326 e. The first-order valence-electron chi connectivity index (χ1n) is 5.23. The fraction of sp³-hybridized carbons (Fsp3) is 0.556. The van der Waals surface area contributed by atoms with Crippen molar-refractivity contribution < 1.29 is 24.3 Å². The van der Waals surface area contributed by atoms with Crippen LogP contribution in [0.3, 0.4) is 0 Å². The molecule has 1 heterocycles. The molecule has 1 fully saturated rings. The maximum atomic E-state index is 11.4. The van der Waals surface area contributed by atoms with Crippen LogP contribution >= 0.6 is 0 Å². The van der Waals surface area contributed by atoms with E-state index in [1.54, 1.807) is 0 Å². The van der Waals surface area contributed by atoms with Crippen molar-refractivity contribution in [1.29, 1.82) is 0 Å². The third kappa shape index (κ3) is 4.28. The van der Waals surface area contributed by atoms with Crippen LogP contribution in [0.25, 0.3) is 0 Å². The second kappa shape index (κ2) is 5.84. The number of urea groups is 1. The molecule has 18 heavy (non-hydrogen) atoms. The summed E-state index contributed by atoms with van der Waals surface area (Å²) in [6.45, 7) is 0.291. The van der Waals surface area contributed by atoms with Crippen LogP contribution in [0, 0.1) is 0 Å². The monoisotopic (exact) mass is 258 g/mol. The third-order valence-corrected chi connectivity index (χ3v) is 2.32. The molecule has 1 saturated heterocycles. The van der Waals surface area contributed by atoms with Gasteiger partial charge >= 0.3 is 12.0 Å². The first kappa shape index (κ1) is 13.7. The Bertz CT molecular complexity index is 383. The van der Waals surface area contributed by atoms with Gasteiger partial charge in [-0.1, -0.05) is 0 Å². The Hall–Kier alpha value is -2.32. The summed E-state index contributed by atoms with van der Waals surface area (Å²) < 4.78 is 0. The summed E-state index contributed by atoms with van der Waals surface area (Å²) in [7, 11) is 0. The van der Waals surface area contributed by atoms with Gasteiger partial charge in [-0.2, -0.15) is 0 Å². The lowest BCUT2D eigenvalue weighted by Crippen LogP contribution is -2.50. The molecule has 2 atom stereocenters. The average molecular weight is 258 g/mol. The van der Waals surface area contributed by atoms with Gasteiger partial charge in [0.2, 0.25) is 11.8 Å². The van der Waals surface area contributed by atoms with E-state index in [4.69, 9.17) is 10.8 Å². The van der Waals surface area contributed by atoms with E-state index in [0.29, 0.717) is 6.54 Å². The molecular formula is C9H14N4O5. The number of carboxylic acid groups (broad SMARTS) is 1. The minimum absolute atomic E-state index is 0.140. The van der Waals surface area contributed by atoms with Gasteiger partial charge in [0.05, 0.1) is 12.5 Å². The fourth-order valence-corrected chi connectivity index (χ4v) is 1.49. The van der Waals surface area contributed by atoms with E-state index in [9.17, 15) is 19.2 Å². The number of primary amides is 1. The van der Waals surface area contributed by atoms with Gasteiger partial charge in [0.1, 0.15) is 6.04 Å². The van der Waals surface area contributed by atoms with Crippen LogP contribution in [0.2, 0.25) is 0 Å². The van der Waals surface area contributed by atoms with Crippen molar-refractivity contribution in [2.75, 3.05) is 6.54 Å². The van der Waals surface area contributed by atoms with E-state index in [-0.39, 0.29) is 18.4 Å². The maximum absolute atomic E-state index is 11.4. The fourth-order valence-electron chi connectivity index (χ4n) is 1.49. The minimum Gasteiger partial charge on any atom is -0.480 e. The largest absolute Gasteiger partial charge is 0.480 e. The van der Waals surface area contributed by atoms with Crippen molar-refractivity contribution in [3.05, 3.63) is 0 Å². The molecule has 4 amide bonds. The summed E-state index contributed by atoms with van der Waals surface area (Å²) in [5.41, 5.74) is 4.86. The Morgan fingerprint density at radius 1 is 1.50 bits per heavy atom. The smallest absolute Gasteiger partial charge is 0.326 e. The van der Waals surface area contributed by atoms with Gasteiger partial charge in [-0.15, -0.1) is 0 Å². The van der Waals surface area contributed by atoms with Crippen molar-refractivity contribution in [2.24, 2.45) is 5.73 Å². The molecule has 100 valence electrons. The SMILES string of the molecule is NC(=O)CC(NC(=O)NC1CNC(=O)C1)C(=O)O. The lowest BCUT2D eigenvalue weighted by molar-refractivity contribution is -0.140. The molecule has 1 rings (SSSR count). The zero-order valence-electron chi connectivity index (χ0n) is 9.43.